The fourth-order valence-electron chi connectivity index (χ4n) is 3.58. The van der Waals surface area contributed by atoms with Gasteiger partial charge in [0.05, 0.1) is 5.69 Å². The molecule has 3 aromatic rings. The van der Waals surface area contributed by atoms with Crippen molar-refractivity contribution in [2.75, 3.05) is 26.2 Å². The van der Waals surface area contributed by atoms with Crippen LogP contribution < -0.4 is 0 Å². The molecule has 0 radical (unpaired) electrons. The molecule has 1 amide bonds. The summed E-state index contributed by atoms with van der Waals surface area (Å²) in [5.41, 5.74) is 2.82. The predicted molar refractivity (Wildman–Crippen MR) is 114 cm³/mol. The zero-order valence-corrected chi connectivity index (χ0v) is 17.4. The van der Waals surface area contributed by atoms with Crippen LogP contribution in [0.15, 0.2) is 53.9 Å². The molecule has 4 nitrogen and oxygen atoms in total. The van der Waals surface area contributed by atoms with Crippen molar-refractivity contribution in [2.24, 2.45) is 0 Å². The maximum Gasteiger partial charge on any atom is 0.222 e. The maximum absolute atomic E-state index is 13.3. The third-order valence-corrected chi connectivity index (χ3v) is 6.23. The van der Waals surface area contributed by atoms with Gasteiger partial charge in [-0.25, -0.2) is 13.8 Å². The number of halogens is 2. The highest BCUT2D eigenvalue weighted by molar-refractivity contribution is 7.13. The van der Waals surface area contributed by atoms with Gasteiger partial charge in [0.15, 0.2) is 11.6 Å². The molecular formula is C23H23F2N3OS. The average molecular weight is 428 g/mol. The van der Waals surface area contributed by atoms with E-state index in [1.807, 2.05) is 23.1 Å². The third-order valence-electron chi connectivity index (χ3n) is 5.29. The zero-order valence-electron chi connectivity index (χ0n) is 16.6. The Balaban J connectivity index is 1.24. The molecule has 0 aliphatic carbocycles. The zero-order chi connectivity index (χ0) is 20.9. The van der Waals surface area contributed by atoms with Crippen LogP contribution in [0.3, 0.4) is 0 Å². The largest absolute Gasteiger partial charge is 0.340 e. The SMILES string of the molecule is O=C(CCc1ccc(F)c(F)c1)N1CCN(Cc2csc(-c3ccccc3)n2)CC1. The Morgan fingerprint density at radius 3 is 2.50 bits per heavy atom. The number of carbonyl (C=O) groups excluding carboxylic acids is 1. The monoisotopic (exact) mass is 427 g/mol. The molecule has 0 unspecified atom stereocenters. The number of carbonyl (C=O) groups is 1. The van der Waals surface area contributed by atoms with Crippen molar-refractivity contribution < 1.29 is 13.6 Å². The third kappa shape index (κ3) is 5.09. The van der Waals surface area contributed by atoms with E-state index in [9.17, 15) is 13.6 Å². The van der Waals surface area contributed by atoms with Crippen LogP contribution in [0.5, 0.6) is 0 Å². The molecule has 0 atom stereocenters. The van der Waals surface area contributed by atoms with Crippen molar-refractivity contribution in [3.8, 4) is 10.6 Å². The summed E-state index contributed by atoms with van der Waals surface area (Å²) < 4.78 is 26.3. The Hall–Kier alpha value is -2.64. The first-order valence-corrected chi connectivity index (χ1v) is 10.9. The van der Waals surface area contributed by atoms with E-state index < -0.39 is 11.6 Å². The molecule has 2 heterocycles. The van der Waals surface area contributed by atoms with Crippen molar-refractivity contribution >= 4 is 17.2 Å². The first kappa shape index (κ1) is 20.6. The fourth-order valence-corrected chi connectivity index (χ4v) is 4.40. The number of benzene rings is 2. The van der Waals surface area contributed by atoms with Crippen LogP contribution in [-0.4, -0.2) is 46.9 Å². The number of nitrogens with zero attached hydrogens (tertiary/aromatic N) is 3. The quantitative estimate of drug-likeness (QED) is 0.586. The van der Waals surface area contributed by atoms with Crippen molar-refractivity contribution in [2.45, 2.75) is 19.4 Å². The lowest BCUT2D eigenvalue weighted by molar-refractivity contribution is -0.133. The normalized spacial score (nSPS) is 14.8. The summed E-state index contributed by atoms with van der Waals surface area (Å²) in [6.07, 6.45) is 0.717. The fraction of sp³-hybridized carbons (Fsp3) is 0.304. The molecule has 0 N–H and O–H groups in total. The van der Waals surface area contributed by atoms with Crippen LogP contribution in [-0.2, 0) is 17.8 Å². The second-order valence-electron chi connectivity index (χ2n) is 7.42. The van der Waals surface area contributed by atoms with E-state index >= 15 is 0 Å². The predicted octanol–water partition coefficient (Wildman–Crippen LogP) is 4.37. The molecule has 0 spiro atoms. The lowest BCUT2D eigenvalue weighted by Crippen LogP contribution is -2.48. The van der Waals surface area contributed by atoms with Gasteiger partial charge in [0.25, 0.3) is 0 Å². The smallest absolute Gasteiger partial charge is 0.222 e. The van der Waals surface area contributed by atoms with E-state index in [0.29, 0.717) is 31.5 Å². The molecule has 1 aliphatic heterocycles. The van der Waals surface area contributed by atoms with Crippen LogP contribution >= 0.6 is 11.3 Å². The number of amides is 1. The van der Waals surface area contributed by atoms with Gasteiger partial charge in [-0.3, -0.25) is 9.69 Å². The van der Waals surface area contributed by atoms with E-state index in [4.69, 9.17) is 4.98 Å². The topological polar surface area (TPSA) is 36.4 Å². The molecule has 1 aliphatic rings. The molecule has 1 aromatic heterocycles. The van der Waals surface area contributed by atoms with Crippen LogP contribution in [0.1, 0.15) is 17.7 Å². The Labute approximate surface area is 178 Å². The van der Waals surface area contributed by atoms with Crippen LogP contribution in [0.4, 0.5) is 8.78 Å². The molecule has 2 aromatic carbocycles. The second kappa shape index (κ2) is 9.45. The molecule has 7 heteroatoms. The lowest BCUT2D eigenvalue weighted by Gasteiger charge is -2.34. The molecule has 1 fully saturated rings. The minimum atomic E-state index is -0.869. The maximum atomic E-state index is 13.3. The van der Waals surface area contributed by atoms with Gasteiger partial charge in [0, 0.05) is 50.1 Å². The highest BCUT2D eigenvalue weighted by Gasteiger charge is 2.21. The molecule has 4 rings (SSSR count). The summed E-state index contributed by atoms with van der Waals surface area (Å²) in [6.45, 7) is 3.73. The van der Waals surface area contributed by atoms with Gasteiger partial charge in [-0.1, -0.05) is 36.4 Å². The van der Waals surface area contributed by atoms with Gasteiger partial charge < -0.3 is 4.90 Å². The highest BCUT2D eigenvalue weighted by Crippen LogP contribution is 2.24. The number of aryl methyl sites for hydroxylation is 1. The van der Waals surface area contributed by atoms with Crippen molar-refractivity contribution in [1.82, 2.24) is 14.8 Å². The Bertz CT molecular complexity index is 1000. The standard InChI is InChI=1S/C23H23F2N3OS/c24-20-8-6-17(14-21(20)25)7-9-22(29)28-12-10-27(11-13-28)15-19-16-30-23(26-19)18-4-2-1-3-5-18/h1-6,8,14,16H,7,9-13,15H2. The van der Waals surface area contributed by atoms with Crippen LogP contribution in [0.2, 0.25) is 0 Å². The average Bonchev–Trinajstić information content (AvgIpc) is 3.24. The number of aromatic nitrogens is 1. The van der Waals surface area contributed by atoms with Gasteiger partial charge in [0.1, 0.15) is 5.01 Å². The number of thiazole rings is 1. The molecule has 1 saturated heterocycles. The first-order valence-electron chi connectivity index (χ1n) is 10.0. The Morgan fingerprint density at radius 2 is 1.77 bits per heavy atom. The Morgan fingerprint density at radius 1 is 1.00 bits per heavy atom. The van der Waals surface area contributed by atoms with Crippen molar-refractivity contribution in [3.05, 3.63) is 76.8 Å². The summed E-state index contributed by atoms with van der Waals surface area (Å²) in [5, 5.41) is 3.12. The Kier molecular flexibility index (Phi) is 6.50. The van der Waals surface area contributed by atoms with Crippen molar-refractivity contribution in [1.29, 1.82) is 0 Å². The number of hydrogen-bond acceptors (Lipinski definition) is 4. The van der Waals surface area contributed by atoms with Gasteiger partial charge in [-0.2, -0.15) is 0 Å². The minimum absolute atomic E-state index is 0.0550. The van der Waals surface area contributed by atoms with Crippen molar-refractivity contribution in [3.63, 3.8) is 0 Å². The van der Waals surface area contributed by atoms with Gasteiger partial charge in [0.2, 0.25) is 5.91 Å². The minimum Gasteiger partial charge on any atom is -0.340 e. The molecule has 0 saturated carbocycles. The summed E-state index contributed by atoms with van der Waals surface area (Å²) in [6, 6.07) is 13.9. The second-order valence-corrected chi connectivity index (χ2v) is 8.27. The van der Waals surface area contributed by atoms with E-state index in [1.165, 1.54) is 6.07 Å². The van der Waals surface area contributed by atoms with Crippen LogP contribution in [0, 0.1) is 11.6 Å². The first-order chi connectivity index (χ1) is 14.6. The van der Waals surface area contributed by atoms with E-state index in [0.717, 1.165) is 48.0 Å². The van der Waals surface area contributed by atoms with Gasteiger partial charge in [-0.15, -0.1) is 11.3 Å². The summed E-state index contributed by atoms with van der Waals surface area (Å²) >= 11 is 1.65. The highest BCUT2D eigenvalue weighted by atomic mass is 32.1. The molecule has 156 valence electrons. The number of hydrogen-bond donors (Lipinski definition) is 0. The number of rotatable bonds is 6. The summed E-state index contributed by atoms with van der Waals surface area (Å²) in [4.78, 5) is 21.4. The van der Waals surface area contributed by atoms with Gasteiger partial charge in [-0.05, 0) is 24.1 Å². The summed E-state index contributed by atoms with van der Waals surface area (Å²) in [5.74, 6) is -1.68. The van der Waals surface area contributed by atoms with Gasteiger partial charge >= 0.3 is 0 Å². The molecular weight excluding hydrogens is 404 g/mol. The van der Waals surface area contributed by atoms with E-state index in [-0.39, 0.29) is 5.91 Å². The lowest BCUT2D eigenvalue weighted by atomic mass is 10.1. The molecule has 0 bridgehead atoms. The van der Waals surface area contributed by atoms with E-state index in [2.05, 4.69) is 22.4 Å². The van der Waals surface area contributed by atoms with E-state index in [1.54, 1.807) is 11.3 Å². The summed E-state index contributed by atoms with van der Waals surface area (Å²) in [7, 11) is 0. The number of piperazine rings is 1. The van der Waals surface area contributed by atoms with Crippen LogP contribution in [0.25, 0.3) is 10.6 Å². The molecule has 30 heavy (non-hydrogen) atoms.